The molecule has 2 aromatic heterocycles. The number of nitrogens with zero attached hydrogens (tertiary/aromatic N) is 3. The molecule has 0 aliphatic rings. The van der Waals surface area contributed by atoms with Crippen LogP contribution < -0.4 is 10.1 Å². The lowest BCUT2D eigenvalue weighted by molar-refractivity contribution is -0.121. The maximum atomic E-state index is 13.8. The van der Waals surface area contributed by atoms with Crippen LogP contribution in [-0.4, -0.2) is 33.8 Å². The van der Waals surface area contributed by atoms with Crippen molar-refractivity contribution in [2.75, 3.05) is 13.2 Å². The van der Waals surface area contributed by atoms with Gasteiger partial charge >= 0.3 is 0 Å². The van der Waals surface area contributed by atoms with Crippen molar-refractivity contribution in [2.45, 2.75) is 53.9 Å². The van der Waals surface area contributed by atoms with Crippen molar-refractivity contribution in [1.82, 2.24) is 20.1 Å². The van der Waals surface area contributed by atoms with Gasteiger partial charge in [-0.15, -0.1) is 0 Å². The molecule has 0 saturated carbocycles. The van der Waals surface area contributed by atoms with Gasteiger partial charge in [0.05, 0.1) is 18.0 Å². The number of carbonyl (C=O) groups is 1. The minimum absolute atomic E-state index is 0.0229. The molecule has 0 aliphatic carbocycles. The van der Waals surface area contributed by atoms with Gasteiger partial charge in [-0.1, -0.05) is 19.9 Å². The molecule has 3 aromatic rings. The molecule has 0 atom stereocenters. The van der Waals surface area contributed by atoms with E-state index in [0.717, 1.165) is 28.6 Å². The first-order valence-electron chi connectivity index (χ1n) is 10.9. The standard InChI is InChI=1S/C24H31FN4O2/c1-6-31-24-20(10-11-21(30)26-13-12-15(2)3)16(4)22-17(5)28-29(23(22)27-24)19-9-7-8-18(25)14-19/h7-9,14-15H,6,10-13H2,1-5H3,(H,26,30). The number of hydrogen-bond acceptors (Lipinski definition) is 4. The highest BCUT2D eigenvalue weighted by Crippen LogP contribution is 2.32. The van der Waals surface area contributed by atoms with Crippen molar-refractivity contribution in [2.24, 2.45) is 5.92 Å². The largest absolute Gasteiger partial charge is 0.478 e. The van der Waals surface area contributed by atoms with Crippen molar-refractivity contribution in [1.29, 1.82) is 0 Å². The van der Waals surface area contributed by atoms with E-state index in [1.807, 2.05) is 20.8 Å². The molecule has 7 heteroatoms. The molecule has 1 N–H and O–H groups in total. The minimum Gasteiger partial charge on any atom is -0.478 e. The van der Waals surface area contributed by atoms with Crippen LogP contribution in [0, 0.1) is 25.6 Å². The van der Waals surface area contributed by atoms with Crippen LogP contribution >= 0.6 is 0 Å². The van der Waals surface area contributed by atoms with Gasteiger partial charge in [-0.25, -0.2) is 9.07 Å². The molecule has 0 saturated heterocycles. The molecule has 1 aromatic carbocycles. The summed E-state index contributed by atoms with van der Waals surface area (Å²) in [5, 5.41) is 8.50. The number of nitrogens with one attached hydrogen (secondary N) is 1. The van der Waals surface area contributed by atoms with E-state index in [1.54, 1.807) is 16.8 Å². The number of ether oxygens (including phenoxy) is 1. The fourth-order valence-corrected chi connectivity index (χ4v) is 3.70. The highest BCUT2D eigenvalue weighted by molar-refractivity contribution is 5.86. The van der Waals surface area contributed by atoms with Gasteiger partial charge in [-0.3, -0.25) is 4.79 Å². The van der Waals surface area contributed by atoms with Crippen molar-refractivity contribution >= 4 is 16.9 Å². The summed E-state index contributed by atoms with van der Waals surface area (Å²) in [6.45, 7) is 11.2. The maximum Gasteiger partial charge on any atom is 0.220 e. The highest BCUT2D eigenvalue weighted by Gasteiger charge is 2.20. The van der Waals surface area contributed by atoms with Crippen LogP contribution in [0.5, 0.6) is 5.88 Å². The molecule has 1 amide bonds. The van der Waals surface area contributed by atoms with E-state index >= 15 is 0 Å². The molecule has 0 unspecified atom stereocenters. The number of pyridine rings is 1. The third kappa shape index (κ3) is 5.21. The Balaban J connectivity index is 1.95. The lowest BCUT2D eigenvalue weighted by Crippen LogP contribution is -2.25. The number of rotatable bonds is 9. The summed E-state index contributed by atoms with van der Waals surface area (Å²) in [5.74, 6) is 0.742. The lowest BCUT2D eigenvalue weighted by Gasteiger charge is -2.14. The smallest absolute Gasteiger partial charge is 0.220 e. The van der Waals surface area contributed by atoms with Gasteiger partial charge in [-0.05, 0) is 63.3 Å². The number of hydrogen-bond donors (Lipinski definition) is 1. The summed E-state index contributed by atoms with van der Waals surface area (Å²) in [6, 6.07) is 6.27. The van der Waals surface area contributed by atoms with Crippen LogP contribution in [0.2, 0.25) is 0 Å². The first-order chi connectivity index (χ1) is 14.8. The average Bonchev–Trinajstić information content (AvgIpc) is 3.04. The van der Waals surface area contributed by atoms with Crippen molar-refractivity contribution in [3.05, 3.63) is 46.9 Å². The van der Waals surface area contributed by atoms with E-state index in [9.17, 15) is 9.18 Å². The Morgan fingerprint density at radius 1 is 1.29 bits per heavy atom. The Bertz CT molecular complexity index is 1080. The van der Waals surface area contributed by atoms with Gasteiger partial charge in [0.1, 0.15) is 5.82 Å². The molecule has 0 spiro atoms. The van der Waals surface area contributed by atoms with Gasteiger partial charge in [-0.2, -0.15) is 10.1 Å². The fraction of sp³-hybridized carbons (Fsp3) is 0.458. The summed E-state index contributed by atoms with van der Waals surface area (Å²) in [7, 11) is 0. The quantitative estimate of drug-likeness (QED) is 0.540. The van der Waals surface area contributed by atoms with E-state index < -0.39 is 0 Å². The summed E-state index contributed by atoms with van der Waals surface area (Å²) >= 11 is 0. The Labute approximate surface area is 182 Å². The van der Waals surface area contributed by atoms with Gasteiger partial charge in [0.25, 0.3) is 0 Å². The van der Waals surface area contributed by atoms with Crippen LogP contribution in [0.15, 0.2) is 24.3 Å². The maximum absolute atomic E-state index is 13.8. The molecule has 0 aliphatic heterocycles. The molecule has 0 fully saturated rings. The van der Waals surface area contributed by atoms with Crippen molar-refractivity contribution in [3.8, 4) is 11.6 Å². The first-order valence-corrected chi connectivity index (χ1v) is 10.9. The average molecular weight is 427 g/mol. The van der Waals surface area contributed by atoms with Crippen LogP contribution in [-0.2, 0) is 11.2 Å². The number of fused-ring (bicyclic) bond motifs is 1. The molecular weight excluding hydrogens is 395 g/mol. The summed E-state index contributed by atoms with van der Waals surface area (Å²) < 4.78 is 21.3. The second-order valence-electron chi connectivity index (χ2n) is 8.16. The number of halogens is 1. The molecular formula is C24H31FN4O2. The SMILES string of the molecule is CCOc1nc2c(c(C)nn2-c2cccc(F)c2)c(C)c1CCC(=O)NCCC(C)C. The number of carbonyl (C=O) groups excluding carboxylic acids is 1. The normalized spacial score (nSPS) is 11.3. The zero-order valence-corrected chi connectivity index (χ0v) is 19.0. The number of aromatic nitrogens is 3. The molecule has 0 bridgehead atoms. The van der Waals surface area contributed by atoms with Crippen LogP contribution in [0.3, 0.4) is 0 Å². The molecule has 31 heavy (non-hydrogen) atoms. The predicted octanol–water partition coefficient (Wildman–Crippen LogP) is 4.67. The predicted molar refractivity (Wildman–Crippen MR) is 120 cm³/mol. The van der Waals surface area contributed by atoms with E-state index in [1.165, 1.54) is 12.1 Å². The zero-order chi connectivity index (χ0) is 22.5. The lowest BCUT2D eigenvalue weighted by atomic mass is 10.0. The fourth-order valence-electron chi connectivity index (χ4n) is 3.70. The number of aryl methyl sites for hydroxylation is 2. The summed E-state index contributed by atoms with van der Waals surface area (Å²) in [4.78, 5) is 17.0. The first kappa shape index (κ1) is 22.7. The van der Waals surface area contributed by atoms with E-state index in [-0.39, 0.29) is 11.7 Å². The topological polar surface area (TPSA) is 69.0 Å². The minimum atomic E-state index is -0.333. The highest BCUT2D eigenvalue weighted by atomic mass is 19.1. The monoisotopic (exact) mass is 426 g/mol. The van der Waals surface area contributed by atoms with Gasteiger partial charge < -0.3 is 10.1 Å². The van der Waals surface area contributed by atoms with Crippen molar-refractivity contribution in [3.63, 3.8) is 0 Å². The Morgan fingerprint density at radius 2 is 2.06 bits per heavy atom. The third-order valence-electron chi connectivity index (χ3n) is 5.31. The summed E-state index contributed by atoms with van der Waals surface area (Å²) in [5.41, 5.74) is 3.92. The van der Waals surface area contributed by atoms with E-state index in [0.29, 0.717) is 49.1 Å². The van der Waals surface area contributed by atoms with E-state index in [2.05, 4.69) is 24.3 Å². The third-order valence-corrected chi connectivity index (χ3v) is 5.31. The van der Waals surface area contributed by atoms with Crippen LogP contribution in [0.1, 0.15) is 50.4 Å². The van der Waals surface area contributed by atoms with Gasteiger partial charge in [0.2, 0.25) is 11.8 Å². The molecule has 3 rings (SSSR count). The van der Waals surface area contributed by atoms with Gasteiger partial charge in [0.15, 0.2) is 5.65 Å². The Morgan fingerprint density at radius 3 is 2.74 bits per heavy atom. The molecule has 6 nitrogen and oxygen atoms in total. The second kappa shape index (κ2) is 9.90. The van der Waals surface area contributed by atoms with Crippen LogP contribution in [0.25, 0.3) is 16.7 Å². The zero-order valence-electron chi connectivity index (χ0n) is 19.0. The molecule has 0 radical (unpaired) electrons. The van der Waals surface area contributed by atoms with Gasteiger partial charge in [0, 0.05) is 23.9 Å². The van der Waals surface area contributed by atoms with E-state index in [4.69, 9.17) is 9.72 Å². The number of benzene rings is 1. The second-order valence-corrected chi connectivity index (χ2v) is 8.16. The Kier molecular flexibility index (Phi) is 7.25. The van der Waals surface area contributed by atoms with Crippen LogP contribution in [0.4, 0.5) is 4.39 Å². The molecule has 2 heterocycles. The van der Waals surface area contributed by atoms with Crippen molar-refractivity contribution < 1.29 is 13.9 Å². The number of amides is 1. The molecule has 166 valence electrons. The Hall–Kier alpha value is -2.96. The summed E-state index contributed by atoms with van der Waals surface area (Å²) in [6.07, 6.45) is 1.85.